The molecule has 2 heterocycles. The molecule has 1 aromatic carbocycles. The highest BCUT2D eigenvalue weighted by Gasteiger charge is 2.33. The molecule has 0 bridgehead atoms. The van der Waals surface area contributed by atoms with Crippen molar-refractivity contribution in [1.82, 2.24) is 9.88 Å². The highest BCUT2D eigenvalue weighted by Crippen LogP contribution is 2.22. The van der Waals surface area contributed by atoms with Gasteiger partial charge in [-0.15, -0.1) is 0 Å². The number of aromatic amines is 1. The van der Waals surface area contributed by atoms with E-state index in [1.165, 1.54) is 0 Å². The van der Waals surface area contributed by atoms with Crippen LogP contribution in [0, 0.1) is 0 Å². The SMILES string of the molecule is C=NC(=O)[C@@H]1CCCN1C(=O)CCc1c[nH]c2ccccc12. The van der Waals surface area contributed by atoms with Crippen LogP contribution in [-0.2, 0) is 16.0 Å². The quantitative estimate of drug-likeness (QED) is 0.880. The molecule has 1 atom stereocenters. The average Bonchev–Trinajstić information content (AvgIpc) is 3.19. The van der Waals surface area contributed by atoms with Gasteiger partial charge in [0.05, 0.1) is 0 Å². The van der Waals surface area contributed by atoms with Crippen LogP contribution >= 0.6 is 0 Å². The van der Waals surface area contributed by atoms with Gasteiger partial charge in [0.2, 0.25) is 5.91 Å². The van der Waals surface area contributed by atoms with Gasteiger partial charge in [-0.05, 0) is 37.6 Å². The van der Waals surface area contributed by atoms with Crippen LogP contribution < -0.4 is 0 Å². The maximum atomic E-state index is 12.4. The number of H-pyrrole nitrogens is 1. The minimum absolute atomic E-state index is 0.0183. The van der Waals surface area contributed by atoms with Gasteiger partial charge in [-0.1, -0.05) is 18.2 Å². The lowest BCUT2D eigenvalue weighted by atomic mass is 10.1. The third-order valence-corrected chi connectivity index (χ3v) is 4.30. The number of nitrogens with one attached hydrogen (secondary N) is 1. The van der Waals surface area contributed by atoms with Crippen molar-refractivity contribution in [2.24, 2.45) is 4.99 Å². The summed E-state index contributed by atoms with van der Waals surface area (Å²) < 4.78 is 0. The van der Waals surface area contributed by atoms with Gasteiger partial charge >= 0.3 is 0 Å². The second kappa shape index (κ2) is 6.13. The van der Waals surface area contributed by atoms with Crippen LogP contribution in [0.4, 0.5) is 0 Å². The zero-order valence-corrected chi connectivity index (χ0v) is 12.4. The molecule has 0 radical (unpaired) electrons. The first-order valence-electron chi connectivity index (χ1n) is 7.55. The summed E-state index contributed by atoms with van der Waals surface area (Å²) in [5.41, 5.74) is 2.21. The standard InChI is InChI=1S/C17H19N3O2/c1-18-17(22)15-7-4-10-20(15)16(21)9-8-12-11-19-14-6-3-2-5-13(12)14/h2-3,5-6,11,15,19H,1,4,7-10H2/t15-/m0/s1. The molecule has 1 aliphatic rings. The number of hydrogen-bond donors (Lipinski definition) is 1. The van der Waals surface area contributed by atoms with Crippen molar-refractivity contribution in [3.05, 3.63) is 36.0 Å². The highest BCUT2D eigenvalue weighted by molar-refractivity contribution is 5.91. The summed E-state index contributed by atoms with van der Waals surface area (Å²) in [6.45, 7) is 3.92. The van der Waals surface area contributed by atoms with E-state index < -0.39 is 6.04 Å². The molecule has 1 aliphatic heterocycles. The first-order chi connectivity index (χ1) is 10.7. The number of carbonyl (C=O) groups is 2. The lowest BCUT2D eigenvalue weighted by Crippen LogP contribution is -2.39. The van der Waals surface area contributed by atoms with Gasteiger partial charge < -0.3 is 9.88 Å². The van der Waals surface area contributed by atoms with Gasteiger partial charge in [-0.2, -0.15) is 0 Å². The van der Waals surface area contributed by atoms with E-state index in [-0.39, 0.29) is 11.8 Å². The van der Waals surface area contributed by atoms with Crippen LogP contribution in [0.3, 0.4) is 0 Å². The van der Waals surface area contributed by atoms with Crippen molar-refractivity contribution >= 4 is 29.4 Å². The highest BCUT2D eigenvalue weighted by atomic mass is 16.2. The predicted octanol–water partition coefficient (Wildman–Crippen LogP) is 2.32. The summed E-state index contributed by atoms with van der Waals surface area (Å²) in [6, 6.07) is 7.64. The van der Waals surface area contributed by atoms with E-state index in [0.29, 0.717) is 25.8 Å². The number of nitrogens with zero attached hydrogens (tertiary/aromatic N) is 2. The van der Waals surface area contributed by atoms with Gasteiger partial charge in [-0.3, -0.25) is 9.59 Å². The van der Waals surface area contributed by atoms with E-state index in [1.54, 1.807) is 4.90 Å². The van der Waals surface area contributed by atoms with Crippen molar-refractivity contribution in [3.8, 4) is 0 Å². The van der Waals surface area contributed by atoms with Gasteiger partial charge in [-0.25, -0.2) is 4.99 Å². The topological polar surface area (TPSA) is 65.5 Å². The molecular formula is C17H19N3O2. The molecule has 1 fully saturated rings. The molecule has 0 saturated carbocycles. The Balaban J connectivity index is 1.67. The molecule has 22 heavy (non-hydrogen) atoms. The fourth-order valence-corrected chi connectivity index (χ4v) is 3.15. The largest absolute Gasteiger partial charge is 0.361 e. The van der Waals surface area contributed by atoms with Crippen LogP contribution in [0.15, 0.2) is 35.5 Å². The summed E-state index contributed by atoms with van der Waals surface area (Å²) in [6.07, 6.45) is 4.57. The second-order valence-corrected chi connectivity index (χ2v) is 5.60. The fraction of sp³-hybridized carbons (Fsp3) is 0.353. The smallest absolute Gasteiger partial charge is 0.267 e. The van der Waals surface area contributed by atoms with E-state index >= 15 is 0 Å². The Labute approximate surface area is 129 Å². The molecule has 2 amide bonds. The Kier molecular flexibility index (Phi) is 4.04. The fourth-order valence-electron chi connectivity index (χ4n) is 3.15. The summed E-state index contributed by atoms with van der Waals surface area (Å²) in [4.78, 5) is 32.5. The van der Waals surface area contributed by atoms with Crippen molar-refractivity contribution in [1.29, 1.82) is 0 Å². The number of aromatic nitrogens is 1. The Morgan fingerprint density at radius 1 is 1.36 bits per heavy atom. The number of fused-ring (bicyclic) bond motifs is 1. The summed E-state index contributed by atoms with van der Waals surface area (Å²) in [5, 5.41) is 1.15. The maximum Gasteiger partial charge on any atom is 0.267 e. The van der Waals surface area contributed by atoms with Crippen LogP contribution in [0.1, 0.15) is 24.8 Å². The first kappa shape index (κ1) is 14.5. The molecule has 1 aromatic heterocycles. The van der Waals surface area contributed by atoms with Gasteiger partial charge in [0.1, 0.15) is 6.04 Å². The number of carbonyl (C=O) groups excluding carboxylic acids is 2. The average molecular weight is 297 g/mol. The van der Waals surface area contributed by atoms with Crippen molar-refractivity contribution in [3.63, 3.8) is 0 Å². The summed E-state index contributed by atoms with van der Waals surface area (Å²) in [7, 11) is 0. The van der Waals surface area contributed by atoms with Gasteiger partial charge in [0.25, 0.3) is 5.91 Å². The minimum Gasteiger partial charge on any atom is -0.361 e. The van der Waals surface area contributed by atoms with Crippen LogP contribution in [-0.4, -0.2) is 41.0 Å². The number of amides is 2. The molecule has 1 saturated heterocycles. The van der Waals surface area contributed by atoms with E-state index in [0.717, 1.165) is 22.9 Å². The van der Waals surface area contributed by atoms with Crippen molar-refractivity contribution in [2.45, 2.75) is 31.7 Å². The van der Waals surface area contributed by atoms with Crippen LogP contribution in [0.5, 0.6) is 0 Å². The van der Waals surface area contributed by atoms with E-state index in [1.807, 2.05) is 24.4 Å². The molecule has 5 nitrogen and oxygen atoms in total. The van der Waals surface area contributed by atoms with E-state index in [4.69, 9.17) is 0 Å². The molecule has 0 spiro atoms. The minimum atomic E-state index is -0.409. The monoisotopic (exact) mass is 297 g/mol. The molecule has 2 aromatic rings. The molecule has 5 heteroatoms. The zero-order chi connectivity index (χ0) is 15.5. The van der Waals surface area contributed by atoms with Gasteiger partial charge in [0, 0.05) is 30.1 Å². The number of aryl methyl sites for hydroxylation is 1. The number of benzene rings is 1. The maximum absolute atomic E-state index is 12.4. The predicted molar refractivity (Wildman–Crippen MR) is 85.9 cm³/mol. The first-order valence-corrected chi connectivity index (χ1v) is 7.55. The molecule has 0 aliphatic carbocycles. The Hall–Kier alpha value is -2.43. The molecule has 0 unspecified atom stereocenters. The molecule has 3 rings (SSSR count). The third kappa shape index (κ3) is 2.66. The normalized spacial score (nSPS) is 17.8. The number of para-hydroxylation sites is 1. The summed E-state index contributed by atoms with van der Waals surface area (Å²) in [5.74, 6) is -0.275. The lowest BCUT2D eigenvalue weighted by molar-refractivity contribution is -0.137. The van der Waals surface area contributed by atoms with E-state index in [2.05, 4.69) is 22.8 Å². The summed E-state index contributed by atoms with van der Waals surface area (Å²) >= 11 is 0. The van der Waals surface area contributed by atoms with E-state index in [9.17, 15) is 9.59 Å². The van der Waals surface area contributed by atoms with Crippen molar-refractivity contribution < 1.29 is 9.59 Å². The number of rotatable bonds is 4. The van der Waals surface area contributed by atoms with Crippen LogP contribution in [0.25, 0.3) is 10.9 Å². The zero-order valence-electron chi connectivity index (χ0n) is 12.4. The Bertz CT molecular complexity index is 720. The molecule has 114 valence electrons. The Morgan fingerprint density at radius 3 is 3.00 bits per heavy atom. The Morgan fingerprint density at radius 2 is 2.18 bits per heavy atom. The lowest BCUT2D eigenvalue weighted by Gasteiger charge is -2.22. The van der Waals surface area contributed by atoms with Gasteiger partial charge in [0.15, 0.2) is 0 Å². The third-order valence-electron chi connectivity index (χ3n) is 4.30. The second-order valence-electron chi connectivity index (χ2n) is 5.60. The van der Waals surface area contributed by atoms with Crippen molar-refractivity contribution in [2.75, 3.05) is 6.54 Å². The molecule has 1 N–H and O–H groups in total. The molecular weight excluding hydrogens is 278 g/mol. The van der Waals surface area contributed by atoms with Crippen LogP contribution in [0.2, 0.25) is 0 Å². The number of likely N-dealkylation sites (tertiary alicyclic amines) is 1. The number of aliphatic imine (C=N–C) groups is 1. The number of hydrogen-bond acceptors (Lipinski definition) is 2.